The average molecular weight is 183 g/mol. The van der Waals surface area contributed by atoms with Crippen molar-refractivity contribution in [1.29, 1.82) is 0 Å². The van der Waals surface area contributed by atoms with E-state index in [0.717, 1.165) is 0 Å². The Morgan fingerprint density at radius 1 is 1.40 bits per heavy atom. The van der Waals surface area contributed by atoms with E-state index in [-0.39, 0.29) is 0 Å². The molecule has 0 saturated heterocycles. The molecule has 58 valence electrons. The van der Waals surface area contributed by atoms with Gasteiger partial charge in [0.2, 0.25) is 0 Å². The Morgan fingerprint density at radius 2 is 1.70 bits per heavy atom. The zero-order valence-electron chi connectivity index (χ0n) is 5.69. The van der Waals surface area contributed by atoms with Gasteiger partial charge in [-0.3, -0.25) is 4.79 Å². The third kappa shape index (κ3) is 0.753. The minimum Gasteiger partial charge on any atom is -0.481 e. The highest BCUT2D eigenvalue weighted by Gasteiger charge is 2.74. The second-order valence-electron chi connectivity index (χ2n) is 2.92. The number of carbonyl (C=O) groups is 1. The van der Waals surface area contributed by atoms with E-state index in [1.807, 2.05) is 0 Å². The fraction of sp³-hybridized carbons (Fsp3) is 0.833. The van der Waals surface area contributed by atoms with Gasteiger partial charge in [0, 0.05) is 0 Å². The second-order valence-corrected chi connectivity index (χ2v) is 4.49. The fourth-order valence-corrected chi connectivity index (χ4v) is 1.97. The quantitative estimate of drug-likeness (QED) is 0.628. The molecule has 0 radical (unpaired) electrons. The van der Waals surface area contributed by atoms with Gasteiger partial charge in [-0.2, -0.15) is 0 Å². The Labute approximate surface area is 69.1 Å². The molecule has 0 amide bonds. The molecule has 10 heavy (non-hydrogen) atoms. The lowest BCUT2D eigenvalue weighted by atomic mass is 10.3. The summed E-state index contributed by atoms with van der Waals surface area (Å²) in [5.74, 6) is -1.54. The lowest BCUT2D eigenvalue weighted by Crippen LogP contribution is -2.05. The first-order valence-corrected chi connectivity index (χ1v) is 3.68. The highest BCUT2D eigenvalue weighted by atomic mass is 35.5. The van der Waals surface area contributed by atoms with Crippen molar-refractivity contribution >= 4 is 29.2 Å². The van der Waals surface area contributed by atoms with E-state index in [4.69, 9.17) is 28.3 Å². The van der Waals surface area contributed by atoms with E-state index in [1.54, 1.807) is 13.8 Å². The molecule has 0 aromatic carbocycles. The third-order valence-electron chi connectivity index (χ3n) is 2.20. The van der Waals surface area contributed by atoms with Crippen LogP contribution < -0.4 is 0 Å². The second kappa shape index (κ2) is 1.80. The first-order valence-electron chi connectivity index (χ1n) is 2.92. The standard InChI is InChI=1S/C6H8Cl2O2/c1-5(7)3(4(9)10)6(5,2)8/h3H,1-2H3,(H,9,10). The molecule has 0 spiro atoms. The minimum atomic E-state index is -0.921. The first-order chi connectivity index (χ1) is 4.32. The lowest BCUT2D eigenvalue weighted by molar-refractivity contribution is -0.138. The summed E-state index contributed by atoms with van der Waals surface area (Å²) in [5.41, 5.74) is 0. The molecule has 1 saturated carbocycles. The summed E-state index contributed by atoms with van der Waals surface area (Å²) in [6.45, 7) is 3.28. The number of alkyl halides is 2. The molecular formula is C6H8Cl2O2. The molecule has 1 rings (SSSR count). The van der Waals surface area contributed by atoms with Crippen LogP contribution in [0.15, 0.2) is 0 Å². The highest BCUT2D eigenvalue weighted by molar-refractivity contribution is 6.42. The molecule has 0 aliphatic heterocycles. The summed E-state index contributed by atoms with van der Waals surface area (Å²) in [5, 5.41) is 8.56. The van der Waals surface area contributed by atoms with Crippen molar-refractivity contribution in [1.82, 2.24) is 0 Å². The molecule has 2 atom stereocenters. The van der Waals surface area contributed by atoms with Crippen LogP contribution in [-0.2, 0) is 4.79 Å². The number of carboxylic acids is 1. The molecule has 1 aliphatic rings. The van der Waals surface area contributed by atoms with Crippen molar-refractivity contribution in [2.24, 2.45) is 5.92 Å². The van der Waals surface area contributed by atoms with Crippen molar-refractivity contribution in [3.05, 3.63) is 0 Å². The van der Waals surface area contributed by atoms with Gasteiger partial charge in [-0.25, -0.2) is 0 Å². The van der Waals surface area contributed by atoms with E-state index < -0.39 is 21.6 Å². The van der Waals surface area contributed by atoms with Gasteiger partial charge < -0.3 is 5.11 Å². The van der Waals surface area contributed by atoms with Gasteiger partial charge >= 0.3 is 5.97 Å². The molecule has 2 unspecified atom stereocenters. The van der Waals surface area contributed by atoms with Gasteiger partial charge in [-0.15, -0.1) is 23.2 Å². The molecule has 2 nitrogen and oxygen atoms in total. The number of carboxylic acid groups (broad SMARTS) is 1. The number of rotatable bonds is 1. The average Bonchev–Trinajstić information content (AvgIpc) is 1.97. The molecule has 0 aromatic heterocycles. The first kappa shape index (κ1) is 8.15. The highest BCUT2D eigenvalue weighted by Crippen LogP contribution is 2.63. The summed E-state index contributed by atoms with van der Waals surface area (Å²) in [4.78, 5) is 8.87. The fourth-order valence-electron chi connectivity index (χ4n) is 1.18. The van der Waals surface area contributed by atoms with Crippen molar-refractivity contribution in [3.63, 3.8) is 0 Å². The van der Waals surface area contributed by atoms with Crippen molar-refractivity contribution < 1.29 is 9.90 Å². The normalized spacial score (nSPS) is 52.6. The Morgan fingerprint density at radius 3 is 1.70 bits per heavy atom. The Balaban J connectivity index is 2.81. The maximum atomic E-state index is 10.4. The van der Waals surface area contributed by atoms with Crippen molar-refractivity contribution in [2.45, 2.75) is 23.6 Å². The molecule has 0 aromatic rings. The Hall–Kier alpha value is 0.0500. The summed E-state index contributed by atoms with van der Waals surface area (Å²) < 4.78 is 0. The third-order valence-corrected chi connectivity index (χ3v) is 3.52. The largest absolute Gasteiger partial charge is 0.481 e. The summed E-state index contributed by atoms with van der Waals surface area (Å²) in [7, 11) is 0. The summed E-state index contributed by atoms with van der Waals surface area (Å²) in [6.07, 6.45) is 0. The smallest absolute Gasteiger partial charge is 0.310 e. The zero-order chi connectivity index (χ0) is 8.15. The van der Waals surface area contributed by atoms with Crippen LogP contribution in [0.1, 0.15) is 13.8 Å². The van der Waals surface area contributed by atoms with Gasteiger partial charge in [0.1, 0.15) is 0 Å². The van der Waals surface area contributed by atoms with E-state index in [0.29, 0.717) is 0 Å². The zero-order valence-corrected chi connectivity index (χ0v) is 7.20. The van der Waals surface area contributed by atoms with E-state index in [2.05, 4.69) is 0 Å². The topological polar surface area (TPSA) is 37.3 Å². The van der Waals surface area contributed by atoms with E-state index in [9.17, 15) is 4.79 Å². The maximum Gasteiger partial charge on any atom is 0.310 e. The molecule has 0 heterocycles. The van der Waals surface area contributed by atoms with Crippen molar-refractivity contribution in [2.75, 3.05) is 0 Å². The van der Waals surface area contributed by atoms with Gasteiger partial charge in [0.15, 0.2) is 0 Å². The summed E-state index contributed by atoms with van der Waals surface area (Å²) in [6, 6.07) is 0. The minimum absolute atomic E-state index is 0.622. The molecule has 4 heteroatoms. The van der Waals surface area contributed by atoms with Crippen LogP contribution in [0.4, 0.5) is 0 Å². The molecule has 0 bridgehead atoms. The van der Waals surface area contributed by atoms with Gasteiger partial charge in [0.25, 0.3) is 0 Å². The number of hydrogen-bond donors (Lipinski definition) is 1. The molecule has 1 fully saturated rings. The van der Waals surface area contributed by atoms with Crippen LogP contribution in [0.5, 0.6) is 0 Å². The summed E-state index contributed by atoms with van der Waals surface area (Å²) >= 11 is 11.6. The number of aliphatic carboxylic acids is 1. The van der Waals surface area contributed by atoms with E-state index in [1.165, 1.54) is 0 Å². The lowest BCUT2D eigenvalue weighted by Gasteiger charge is -1.98. The van der Waals surface area contributed by atoms with Crippen molar-refractivity contribution in [3.8, 4) is 0 Å². The van der Waals surface area contributed by atoms with E-state index >= 15 is 0 Å². The molecular weight excluding hydrogens is 175 g/mol. The molecule has 1 aliphatic carbocycles. The number of hydrogen-bond acceptors (Lipinski definition) is 1. The van der Waals surface area contributed by atoms with Crippen LogP contribution in [0.2, 0.25) is 0 Å². The molecule has 1 N–H and O–H groups in total. The van der Waals surface area contributed by atoms with Gasteiger partial charge in [-0.05, 0) is 13.8 Å². The van der Waals surface area contributed by atoms with Gasteiger partial charge in [-0.1, -0.05) is 0 Å². The monoisotopic (exact) mass is 182 g/mol. The van der Waals surface area contributed by atoms with Gasteiger partial charge in [0.05, 0.1) is 15.7 Å². The van der Waals surface area contributed by atoms with Crippen LogP contribution in [-0.4, -0.2) is 20.8 Å². The predicted molar refractivity (Wildman–Crippen MR) is 39.6 cm³/mol. The SMILES string of the molecule is CC1(Cl)C(C(=O)O)C1(C)Cl. The number of halogens is 2. The Bertz CT molecular complexity index is 172. The van der Waals surface area contributed by atoms with Crippen LogP contribution in [0, 0.1) is 5.92 Å². The predicted octanol–water partition coefficient (Wildman–Crippen LogP) is 1.70. The Kier molecular flexibility index (Phi) is 1.47. The van der Waals surface area contributed by atoms with Crippen LogP contribution in [0.3, 0.4) is 0 Å². The van der Waals surface area contributed by atoms with Crippen LogP contribution in [0.25, 0.3) is 0 Å². The van der Waals surface area contributed by atoms with Crippen LogP contribution >= 0.6 is 23.2 Å². The maximum absolute atomic E-state index is 10.4.